The topological polar surface area (TPSA) is 110 Å². The Morgan fingerprint density at radius 3 is 2.62 bits per heavy atom. The third kappa shape index (κ3) is 6.10. The van der Waals surface area contributed by atoms with Crippen molar-refractivity contribution in [1.29, 1.82) is 0 Å². The highest BCUT2D eigenvalue weighted by atomic mass is 32.1. The van der Waals surface area contributed by atoms with Crippen LogP contribution in [0.5, 0.6) is 5.75 Å². The van der Waals surface area contributed by atoms with Gasteiger partial charge in [-0.15, -0.1) is 11.3 Å². The molecule has 1 atom stereocenters. The van der Waals surface area contributed by atoms with Crippen LogP contribution in [0.2, 0.25) is 0 Å². The number of aromatic nitrogens is 3. The number of amides is 2. The Morgan fingerprint density at radius 1 is 1.14 bits per heavy atom. The van der Waals surface area contributed by atoms with E-state index in [2.05, 4.69) is 25.2 Å². The third-order valence-electron chi connectivity index (χ3n) is 6.43. The van der Waals surface area contributed by atoms with Crippen molar-refractivity contribution in [3.63, 3.8) is 0 Å². The van der Waals surface area contributed by atoms with Gasteiger partial charge in [-0.3, -0.25) is 9.78 Å². The largest absolute Gasteiger partial charge is 0.492 e. The van der Waals surface area contributed by atoms with Crippen LogP contribution < -0.4 is 15.0 Å². The van der Waals surface area contributed by atoms with E-state index in [0.717, 1.165) is 46.0 Å². The minimum Gasteiger partial charge on any atom is -0.492 e. The average Bonchev–Trinajstić information content (AvgIpc) is 3.52. The first-order valence-electron chi connectivity index (χ1n) is 12.6. The highest BCUT2D eigenvalue weighted by molar-refractivity contribution is 7.17. The maximum absolute atomic E-state index is 12.3. The van der Waals surface area contributed by atoms with Crippen molar-refractivity contribution in [3.05, 3.63) is 30.0 Å². The zero-order valence-corrected chi connectivity index (χ0v) is 22.2. The number of nitrogens with one attached hydrogen (secondary N) is 1. The minimum atomic E-state index is -0.504. The van der Waals surface area contributed by atoms with E-state index in [0.29, 0.717) is 45.1 Å². The van der Waals surface area contributed by atoms with E-state index in [9.17, 15) is 9.59 Å². The predicted molar refractivity (Wildman–Crippen MR) is 142 cm³/mol. The van der Waals surface area contributed by atoms with E-state index in [4.69, 9.17) is 9.47 Å². The smallest absolute Gasteiger partial charge is 0.410 e. The summed E-state index contributed by atoms with van der Waals surface area (Å²) in [5.41, 5.74) is 3.79. The molecule has 2 fully saturated rings. The van der Waals surface area contributed by atoms with Crippen molar-refractivity contribution in [2.24, 2.45) is 5.92 Å². The van der Waals surface area contributed by atoms with Gasteiger partial charge in [0.05, 0.1) is 40.4 Å². The van der Waals surface area contributed by atoms with Gasteiger partial charge in [0, 0.05) is 44.7 Å². The van der Waals surface area contributed by atoms with Crippen LogP contribution in [0.1, 0.15) is 33.6 Å². The second-order valence-electron chi connectivity index (χ2n) is 10.4. The van der Waals surface area contributed by atoms with Gasteiger partial charge >= 0.3 is 6.09 Å². The lowest BCUT2D eigenvalue weighted by molar-refractivity contribution is -0.119. The summed E-state index contributed by atoms with van der Waals surface area (Å²) in [5, 5.41) is 2.87. The first kappa shape index (κ1) is 25.2. The summed E-state index contributed by atoms with van der Waals surface area (Å²) in [6, 6.07) is 3.99. The van der Waals surface area contributed by atoms with Crippen LogP contribution in [0.15, 0.2) is 30.0 Å². The molecule has 196 valence electrons. The van der Waals surface area contributed by atoms with E-state index < -0.39 is 5.60 Å². The highest BCUT2D eigenvalue weighted by Crippen LogP contribution is 2.34. The van der Waals surface area contributed by atoms with Crippen LogP contribution in [0.4, 0.5) is 10.6 Å². The number of hydrogen-bond acceptors (Lipinski definition) is 9. The van der Waals surface area contributed by atoms with Crippen LogP contribution in [0, 0.1) is 5.92 Å². The van der Waals surface area contributed by atoms with Gasteiger partial charge in [0.25, 0.3) is 0 Å². The van der Waals surface area contributed by atoms with Crippen molar-refractivity contribution in [3.8, 4) is 17.0 Å². The Morgan fingerprint density at radius 2 is 1.95 bits per heavy atom. The fraction of sp³-hybridized carbons (Fsp3) is 0.500. The number of carbonyl (C=O) groups excluding carboxylic acids is 2. The maximum atomic E-state index is 12.3. The second kappa shape index (κ2) is 10.5. The lowest BCUT2D eigenvalue weighted by Crippen LogP contribution is -2.50. The van der Waals surface area contributed by atoms with E-state index in [1.54, 1.807) is 28.6 Å². The minimum absolute atomic E-state index is 0.115. The van der Waals surface area contributed by atoms with Gasteiger partial charge in [-0.05, 0) is 45.2 Å². The van der Waals surface area contributed by atoms with Crippen molar-refractivity contribution >= 4 is 39.4 Å². The number of fused-ring (bicyclic) bond motifs is 1. The van der Waals surface area contributed by atoms with Crippen molar-refractivity contribution < 1.29 is 19.1 Å². The molecule has 2 aliphatic rings. The van der Waals surface area contributed by atoms with Crippen LogP contribution >= 0.6 is 11.3 Å². The molecule has 2 aliphatic heterocycles. The molecule has 1 N–H and O–H groups in total. The van der Waals surface area contributed by atoms with Crippen LogP contribution in [-0.2, 0) is 9.53 Å². The molecule has 0 bridgehead atoms. The molecule has 11 heteroatoms. The number of anilines is 1. The fourth-order valence-electron chi connectivity index (χ4n) is 4.48. The summed E-state index contributed by atoms with van der Waals surface area (Å²) in [5.74, 6) is 1.98. The molecule has 0 aliphatic carbocycles. The fourth-order valence-corrected chi connectivity index (χ4v) is 5.21. The molecule has 1 aromatic carbocycles. The Bertz CT molecular complexity index is 1260. The molecule has 10 nitrogen and oxygen atoms in total. The van der Waals surface area contributed by atoms with Gasteiger partial charge in [0.2, 0.25) is 5.91 Å². The molecule has 2 amide bonds. The van der Waals surface area contributed by atoms with E-state index in [-0.39, 0.29) is 12.0 Å². The zero-order valence-electron chi connectivity index (χ0n) is 21.4. The summed E-state index contributed by atoms with van der Waals surface area (Å²) >= 11 is 1.54. The van der Waals surface area contributed by atoms with Gasteiger partial charge in [-0.2, -0.15) is 0 Å². The van der Waals surface area contributed by atoms with Crippen LogP contribution in [0.25, 0.3) is 21.5 Å². The molecule has 0 spiro atoms. The van der Waals surface area contributed by atoms with Gasteiger partial charge in [0.15, 0.2) is 0 Å². The Balaban J connectivity index is 1.23. The molecule has 37 heavy (non-hydrogen) atoms. The standard InChI is InChI=1S/C26H32N6O4S/c1-26(2,3)36-25(34)32-7-5-31(6-8-32)22-15-27-20(14-28-22)18-11-19-24(37-16-30-19)21(12-18)35-9-4-17-10-23(33)29-13-17/h11-12,14-17H,4-10,13H2,1-3H3,(H,29,33)/t17-/m1/s1. The first-order valence-corrected chi connectivity index (χ1v) is 13.5. The van der Waals surface area contributed by atoms with Crippen LogP contribution in [-0.4, -0.2) is 76.8 Å². The lowest BCUT2D eigenvalue weighted by Gasteiger charge is -2.36. The summed E-state index contributed by atoms with van der Waals surface area (Å²) in [4.78, 5) is 41.4. The maximum Gasteiger partial charge on any atom is 0.410 e. The van der Waals surface area contributed by atoms with E-state index >= 15 is 0 Å². The molecule has 5 rings (SSSR count). The summed E-state index contributed by atoms with van der Waals surface area (Å²) in [6.07, 6.45) is 4.64. The molecule has 0 saturated carbocycles. The lowest BCUT2D eigenvalue weighted by atomic mass is 10.1. The number of carbonyl (C=O) groups is 2. The Hall–Kier alpha value is -3.47. The molecule has 2 saturated heterocycles. The van der Waals surface area contributed by atoms with Gasteiger partial charge in [0.1, 0.15) is 17.2 Å². The zero-order chi connectivity index (χ0) is 26.0. The first-order chi connectivity index (χ1) is 17.7. The van der Waals surface area contributed by atoms with Gasteiger partial charge in [-0.25, -0.2) is 14.8 Å². The number of piperazine rings is 1. The number of benzene rings is 1. The summed E-state index contributed by atoms with van der Waals surface area (Å²) in [7, 11) is 0. The normalized spacial score (nSPS) is 18.2. The highest BCUT2D eigenvalue weighted by Gasteiger charge is 2.26. The molecular formula is C26H32N6O4S. The SMILES string of the molecule is CC(C)(C)OC(=O)N1CCN(c2cnc(-c3cc(OCC[C@H]4CNC(=O)C4)c4scnc4c3)cn2)CC1. The van der Waals surface area contributed by atoms with Gasteiger partial charge < -0.3 is 24.6 Å². The number of thiazole rings is 1. The third-order valence-corrected chi connectivity index (χ3v) is 7.29. The van der Waals surface area contributed by atoms with Crippen molar-refractivity contribution in [2.75, 3.05) is 44.2 Å². The molecule has 0 radical (unpaired) electrons. The number of nitrogens with zero attached hydrogens (tertiary/aromatic N) is 5. The van der Waals surface area contributed by atoms with E-state index in [1.165, 1.54) is 0 Å². The molecule has 4 heterocycles. The monoisotopic (exact) mass is 524 g/mol. The summed E-state index contributed by atoms with van der Waals surface area (Å²) in [6.45, 7) is 9.35. The number of rotatable bonds is 6. The Kier molecular flexibility index (Phi) is 7.14. The quantitative estimate of drug-likeness (QED) is 0.520. The van der Waals surface area contributed by atoms with Crippen molar-refractivity contribution in [1.82, 2.24) is 25.2 Å². The number of hydrogen-bond donors (Lipinski definition) is 1. The average molecular weight is 525 g/mol. The molecule has 0 unspecified atom stereocenters. The van der Waals surface area contributed by atoms with E-state index in [1.807, 2.05) is 38.4 Å². The van der Waals surface area contributed by atoms with Crippen LogP contribution in [0.3, 0.4) is 0 Å². The van der Waals surface area contributed by atoms with Gasteiger partial charge in [-0.1, -0.05) is 0 Å². The second-order valence-corrected chi connectivity index (χ2v) is 11.3. The number of ether oxygens (including phenoxy) is 2. The van der Waals surface area contributed by atoms with Crippen molar-refractivity contribution in [2.45, 2.75) is 39.2 Å². The molecule has 3 aromatic rings. The summed E-state index contributed by atoms with van der Waals surface area (Å²) < 4.78 is 12.6. The predicted octanol–water partition coefficient (Wildman–Crippen LogP) is 3.72. The molecule has 2 aromatic heterocycles. The Labute approximate surface area is 220 Å². The molecular weight excluding hydrogens is 492 g/mol.